The Balaban J connectivity index is 2.95. The van der Waals surface area contributed by atoms with Gasteiger partial charge in [-0.25, -0.2) is 0 Å². The van der Waals surface area contributed by atoms with Crippen molar-refractivity contribution >= 4 is 20.8 Å². The molecule has 0 aliphatic carbocycles. The van der Waals surface area contributed by atoms with Crippen molar-refractivity contribution in [2.45, 2.75) is 33.5 Å². The van der Waals surface area contributed by atoms with Crippen LogP contribution in [-0.2, 0) is 0 Å². The van der Waals surface area contributed by atoms with E-state index in [0.29, 0.717) is 5.79 Å². The number of nitrogens with zero attached hydrogens (tertiary/aromatic N) is 2. The maximum atomic E-state index is 3.88. The summed E-state index contributed by atoms with van der Waals surface area (Å²) in [7, 11) is -0.363. The Morgan fingerprint density at radius 3 is 2.05 bits per heavy atom. The Hall–Kier alpha value is -0.903. The summed E-state index contributed by atoms with van der Waals surface area (Å²) >= 11 is 0. The van der Waals surface area contributed by atoms with Gasteiger partial charge in [0.1, 0.15) is 0 Å². The summed E-state index contributed by atoms with van der Waals surface area (Å²) in [5.41, 5.74) is 1.24. The molecule has 0 heterocycles. The predicted molar refractivity (Wildman–Crippen MR) is 94.3 cm³/mol. The van der Waals surface area contributed by atoms with Gasteiger partial charge in [-0.1, -0.05) is 69.8 Å². The topological polar surface area (TPSA) is 6.48 Å². The van der Waals surface area contributed by atoms with E-state index in [-0.39, 0.29) is 9.52 Å². The first-order valence-corrected chi connectivity index (χ1v) is 9.41. The highest BCUT2D eigenvalue weighted by Gasteiger charge is 2.21. The summed E-state index contributed by atoms with van der Waals surface area (Å²) in [6.45, 7) is 17.5. The van der Waals surface area contributed by atoms with Crippen LogP contribution < -0.4 is 5.19 Å². The normalized spacial score (nSPS) is 12.2. The van der Waals surface area contributed by atoms with Crippen LogP contribution in [0.15, 0.2) is 30.8 Å². The highest BCUT2D eigenvalue weighted by Crippen LogP contribution is 2.06. The molecule has 0 atom stereocenters. The van der Waals surface area contributed by atoms with Crippen LogP contribution in [0.3, 0.4) is 0 Å². The third-order valence-corrected chi connectivity index (χ3v) is 6.38. The first-order chi connectivity index (χ1) is 9.69. The number of hydrogen-bond donors (Lipinski definition) is 0. The molecule has 0 radical (unpaired) electrons. The Morgan fingerprint density at radius 1 is 1.05 bits per heavy atom. The average Bonchev–Trinajstić information content (AvgIpc) is 2.49. The van der Waals surface area contributed by atoms with Gasteiger partial charge < -0.3 is 0 Å². The highest BCUT2D eigenvalue weighted by atomic mass is 28.2. The van der Waals surface area contributed by atoms with Gasteiger partial charge in [-0.2, -0.15) is 0 Å². The second-order valence-electron chi connectivity index (χ2n) is 5.08. The van der Waals surface area contributed by atoms with Gasteiger partial charge in [0.05, 0.1) is 9.52 Å². The second-order valence-corrected chi connectivity index (χ2v) is 7.03. The lowest BCUT2D eigenvalue weighted by atomic mass is 10.2. The molecule has 0 N–H and O–H groups in total. The molecular formula is C17H30N2Si. The van der Waals surface area contributed by atoms with Crippen molar-refractivity contribution in [2.24, 2.45) is 0 Å². The number of rotatable bonds is 9. The molecule has 0 aliphatic rings. The van der Waals surface area contributed by atoms with Crippen LogP contribution in [0.5, 0.6) is 0 Å². The summed E-state index contributed by atoms with van der Waals surface area (Å²) < 4.78 is 0. The van der Waals surface area contributed by atoms with Gasteiger partial charge in [0, 0.05) is 5.79 Å². The van der Waals surface area contributed by atoms with E-state index in [1.807, 2.05) is 6.08 Å². The molecule has 1 aromatic rings. The first kappa shape index (κ1) is 17.1. The molecule has 0 bridgehead atoms. The lowest BCUT2D eigenvalue weighted by Crippen LogP contribution is -2.54. The number of hydrogen-bond acceptors (Lipinski definition) is 2. The second kappa shape index (κ2) is 9.11. The lowest BCUT2D eigenvalue weighted by molar-refractivity contribution is 0.116. The van der Waals surface area contributed by atoms with Gasteiger partial charge in [-0.15, -0.1) is 0 Å². The van der Waals surface area contributed by atoms with Crippen molar-refractivity contribution in [1.82, 2.24) is 9.80 Å². The van der Waals surface area contributed by atoms with Gasteiger partial charge in [0.25, 0.3) is 0 Å². The van der Waals surface area contributed by atoms with Crippen LogP contribution in [0.4, 0.5) is 0 Å². The summed E-state index contributed by atoms with van der Waals surface area (Å²) in [6, 6.07) is 8.91. The predicted octanol–water partition coefficient (Wildman–Crippen LogP) is 2.09. The minimum absolute atomic E-state index is 0.363. The molecule has 112 valence electrons. The van der Waals surface area contributed by atoms with Crippen molar-refractivity contribution in [3.8, 4) is 0 Å². The van der Waals surface area contributed by atoms with E-state index in [2.05, 4.69) is 68.3 Å². The Morgan fingerprint density at radius 2 is 1.60 bits per heavy atom. The SMILES string of the molecule is C=Cc1cccc([SiH2]C(N(CC)CC)N(CC)CC)c1. The van der Waals surface area contributed by atoms with E-state index in [1.165, 1.54) is 10.8 Å². The first-order valence-electron chi connectivity index (χ1n) is 7.89. The van der Waals surface area contributed by atoms with Crippen LogP contribution in [-0.4, -0.2) is 51.3 Å². The van der Waals surface area contributed by atoms with Gasteiger partial charge in [-0.05, 0) is 31.7 Å². The molecule has 0 amide bonds. The summed E-state index contributed by atoms with van der Waals surface area (Å²) in [4.78, 5) is 5.22. The Labute approximate surface area is 127 Å². The minimum Gasteiger partial charge on any atom is -0.291 e. The van der Waals surface area contributed by atoms with Gasteiger partial charge in [-0.3, -0.25) is 9.80 Å². The number of benzene rings is 1. The van der Waals surface area contributed by atoms with Crippen LogP contribution in [0.25, 0.3) is 6.08 Å². The van der Waals surface area contributed by atoms with Crippen LogP contribution in [0, 0.1) is 0 Å². The molecule has 0 spiro atoms. The fourth-order valence-corrected chi connectivity index (χ4v) is 5.43. The van der Waals surface area contributed by atoms with Gasteiger partial charge >= 0.3 is 0 Å². The van der Waals surface area contributed by atoms with Gasteiger partial charge in [0.2, 0.25) is 0 Å². The third kappa shape index (κ3) is 4.58. The molecule has 2 nitrogen and oxygen atoms in total. The zero-order valence-electron chi connectivity index (χ0n) is 13.6. The fourth-order valence-electron chi connectivity index (χ4n) is 2.84. The quantitative estimate of drug-likeness (QED) is 0.507. The largest absolute Gasteiger partial charge is 0.291 e. The van der Waals surface area contributed by atoms with Crippen molar-refractivity contribution in [1.29, 1.82) is 0 Å². The van der Waals surface area contributed by atoms with Crippen molar-refractivity contribution in [2.75, 3.05) is 26.2 Å². The Bertz CT molecular complexity index is 386. The summed E-state index contributed by atoms with van der Waals surface area (Å²) in [5.74, 6) is 0.625. The van der Waals surface area contributed by atoms with E-state index in [9.17, 15) is 0 Å². The molecule has 0 unspecified atom stereocenters. The average molecular weight is 291 g/mol. The fraction of sp³-hybridized carbons (Fsp3) is 0.529. The van der Waals surface area contributed by atoms with Gasteiger partial charge in [0.15, 0.2) is 0 Å². The monoisotopic (exact) mass is 290 g/mol. The maximum absolute atomic E-state index is 3.88. The van der Waals surface area contributed by atoms with E-state index in [1.54, 1.807) is 0 Å². The summed E-state index contributed by atoms with van der Waals surface area (Å²) in [5, 5.41) is 1.53. The third-order valence-electron chi connectivity index (χ3n) is 4.07. The molecule has 0 fully saturated rings. The lowest BCUT2D eigenvalue weighted by Gasteiger charge is -2.38. The smallest absolute Gasteiger partial charge is 0.0923 e. The minimum atomic E-state index is -0.363. The van der Waals surface area contributed by atoms with Crippen molar-refractivity contribution in [3.05, 3.63) is 36.4 Å². The molecule has 0 saturated heterocycles. The van der Waals surface area contributed by atoms with Crippen molar-refractivity contribution < 1.29 is 0 Å². The zero-order valence-corrected chi connectivity index (χ0v) is 15.0. The maximum Gasteiger partial charge on any atom is 0.0923 e. The molecule has 20 heavy (non-hydrogen) atoms. The zero-order chi connectivity index (χ0) is 15.0. The van der Waals surface area contributed by atoms with E-state index >= 15 is 0 Å². The molecule has 0 saturated carbocycles. The molecule has 0 aromatic heterocycles. The molecule has 1 aromatic carbocycles. The van der Waals surface area contributed by atoms with Crippen LogP contribution in [0.2, 0.25) is 0 Å². The standard InChI is InChI=1S/C17H30N2Si/c1-6-15-12-11-13-16(14-15)20-17(18(7-2)8-3)19(9-4)10-5/h6,11-14,17H,1,7-10,20H2,2-5H3. The summed E-state index contributed by atoms with van der Waals surface area (Å²) in [6.07, 6.45) is 1.95. The van der Waals surface area contributed by atoms with E-state index < -0.39 is 0 Å². The van der Waals surface area contributed by atoms with Crippen molar-refractivity contribution in [3.63, 3.8) is 0 Å². The van der Waals surface area contributed by atoms with Crippen LogP contribution in [0.1, 0.15) is 33.3 Å². The molecule has 0 aliphatic heterocycles. The molecule has 3 heteroatoms. The van der Waals surface area contributed by atoms with E-state index in [0.717, 1.165) is 26.2 Å². The van der Waals surface area contributed by atoms with Crippen LogP contribution >= 0.6 is 0 Å². The molecule has 1 rings (SSSR count). The Kier molecular flexibility index (Phi) is 7.81. The highest BCUT2D eigenvalue weighted by molar-refractivity contribution is 6.55. The van der Waals surface area contributed by atoms with E-state index in [4.69, 9.17) is 0 Å². The molecular weight excluding hydrogens is 260 g/mol.